The summed E-state index contributed by atoms with van der Waals surface area (Å²) in [6.45, 7) is 0. The molecule has 0 saturated carbocycles. The summed E-state index contributed by atoms with van der Waals surface area (Å²) in [5.41, 5.74) is 5.99. The van der Waals surface area contributed by atoms with Crippen molar-refractivity contribution in [2.24, 2.45) is 7.05 Å². The zero-order valence-electron chi connectivity index (χ0n) is 9.75. The van der Waals surface area contributed by atoms with Crippen molar-refractivity contribution in [1.82, 2.24) is 15.2 Å². The van der Waals surface area contributed by atoms with E-state index in [0.717, 1.165) is 0 Å². The van der Waals surface area contributed by atoms with Gasteiger partial charge in [-0.3, -0.25) is 20.3 Å². The van der Waals surface area contributed by atoms with E-state index in [-0.39, 0.29) is 15.9 Å². The predicted octanol–water partition coefficient (Wildman–Crippen LogP) is 3.14. The van der Waals surface area contributed by atoms with Crippen LogP contribution >= 0.6 is 34.8 Å². The minimum absolute atomic E-state index is 0.0444. The summed E-state index contributed by atoms with van der Waals surface area (Å²) in [7, 11) is 1.59. The quantitative estimate of drug-likeness (QED) is 0.855. The van der Waals surface area contributed by atoms with Crippen molar-refractivity contribution in [2.45, 2.75) is 0 Å². The van der Waals surface area contributed by atoms with Gasteiger partial charge in [0, 0.05) is 12.1 Å². The lowest BCUT2D eigenvalue weighted by molar-refractivity contribution is 0.0963. The van der Waals surface area contributed by atoms with Gasteiger partial charge < -0.3 is 0 Å². The van der Waals surface area contributed by atoms with Crippen LogP contribution in [0.25, 0.3) is 0 Å². The van der Waals surface area contributed by atoms with Crippen molar-refractivity contribution in [3.05, 3.63) is 45.2 Å². The Hall–Kier alpha value is -1.43. The van der Waals surface area contributed by atoms with Crippen LogP contribution in [-0.4, -0.2) is 15.7 Å². The maximum atomic E-state index is 11.9. The molecule has 1 aromatic heterocycles. The maximum absolute atomic E-state index is 11.9. The number of carbonyl (C=O) groups excluding carboxylic acids is 1. The fraction of sp³-hybridized carbons (Fsp3) is 0.0909. The molecule has 2 N–H and O–H groups in total. The Morgan fingerprint density at radius 3 is 2.37 bits per heavy atom. The minimum Gasteiger partial charge on any atom is -0.298 e. The van der Waals surface area contributed by atoms with Crippen LogP contribution in [0.5, 0.6) is 0 Å². The number of aryl methyl sites for hydroxylation is 1. The molecule has 19 heavy (non-hydrogen) atoms. The number of rotatable bonds is 3. The van der Waals surface area contributed by atoms with E-state index in [1.54, 1.807) is 31.3 Å². The van der Waals surface area contributed by atoms with E-state index in [9.17, 15) is 4.79 Å². The summed E-state index contributed by atoms with van der Waals surface area (Å²) in [5.74, 6) is -0.474. The van der Waals surface area contributed by atoms with Gasteiger partial charge in [0.2, 0.25) is 0 Å². The number of hydrogen-bond donors (Lipinski definition) is 2. The normalized spacial score (nSPS) is 10.3. The van der Waals surface area contributed by atoms with Gasteiger partial charge in [0.1, 0.15) is 10.7 Å². The number of carbonyl (C=O) groups is 1. The molecule has 0 unspecified atom stereocenters. The van der Waals surface area contributed by atoms with Crippen molar-refractivity contribution < 1.29 is 4.79 Å². The van der Waals surface area contributed by atoms with Crippen molar-refractivity contribution in [3.63, 3.8) is 0 Å². The van der Waals surface area contributed by atoms with Gasteiger partial charge in [-0.05, 0) is 24.3 Å². The molecule has 5 nitrogen and oxygen atoms in total. The van der Waals surface area contributed by atoms with Crippen molar-refractivity contribution in [2.75, 3.05) is 5.43 Å². The Labute approximate surface area is 124 Å². The Balaban J connectivity index is 2.07. The summed E-state index contributed by atoms with van der Waals surface area (Å²) in [4.78, 5) is 11.9. The first kappa shape index (κ1) is 14.0. The number of aromatic nitrogens is 2. The topological polar surface area (TPSA) is 59.0 Å². The number of hydrogen-bond acceptors (Lipinski definition) is 3. The highest BCUT2D eigenvalue weighted by atomic mass is 35.5. The molecule has 2 rings (SSSR count). The molecular formula is C11H9Cl3N4O. The molecule has 1 aromatic carbocycles. The van der Waals surface area contributed by atoms with E-state index in [1.807, 2.05) is 0 Å². The fourth-order valence-electron chi connectivity index (χ4n) is 1.38. The Bertz CT molecular complexity index is 609. The third-order valence-corrected chi connectivity index (χ3v) is 3.28. The molecule has 0 bridgehead atoms. The van der Waals surface area contributed by atoms with Gasteiger partial charge in [-0.25, -0.2) is 0 Å². The molecule has 1 amide bonds. The largest absolute Gasteiger partial charge is 0.298 e. The van der Waals surface area contributed by atoms with Gasteiger partial charge in [0.15, 0.2) is 5.15 Å². The average molecular weight is 320 g/mol. The third-order valence-electron chi connectivity index (χ3n) is 2.33. The van der Waals surface area contributed by atoms with Crippen LogP contribution in [0.4, 0.5) is 5.69 Å². The zero-order valence-corrected chi connectivity index (χ0v) is 12.0. The minimum atomic E-state index is -0.474. The lowest BCUT2D eigenvalue weighted by Gasteiger charge is -2.08. The van der Waals surface area contributed by atoms with Crippen LogP contribution in [0.2, 0.25) is 15.3 Å². The lowest BCUT2D eigenvalue weighted by atomic mass is 10.3. The molecule has 0 fully saturated rings. The molecule has 0 atom stereocenters. The Morgan fingerprint density at radius 2 is 1.84 bits per heavy atom. The standard InChI is InChI=1S/C11H9Cl3N4O/c1-18-10(14)8(9(13)17-18)11(19)16-15-7-4-2-6(12)3-5-7/h2-5,15H,1H3,(H,16,19). The number of amides is 1. The average Bonchev–Trinajstić information content (AvgIpc) is 2.62. The van der Waals surface area contributed by atoms with Gasteiger partial charge in [-0.1, -0.05) is 34.8 Å². The second-order valence-electron chi connectivity index (χ2n) is 3.67. The van der Waals surface area contributed by atoms with Crippen LogP contribution in [0.1, 0.15) is 10.4 Å². The molecule has 0 aliphatic rings. The van der Waals surface area contributed by atoms with E-state index in [4.69, 9.17) is 34.8 Å². The lowest BCUT2D eigenvalue weighted by Crippen LogP contribution is -2.29. The van der Waals surface area contributed by atoms with Crippen LogP contribution in [0, 0.1) is 0 Å². The molecule has 0 radical (unpaired) electrons. The fourth-order valence-corrected chi connectivity index (χ4v) is 2.06. The van der Waals surface area contributed by atoms with E-state index >= 15 is 0 Å². The van der Waals surface area contributed by atoms with Gasteiger partial charge in [-0.15, -0.1) is 0 Å². The molecule has 2 aromatic rings. The number of halogens is 3. The molecule has 0 aliphatic carbocycles. The van der Waals surface area contributed by atoms with Crippen molar-refractivity contribution >= 4 is 46.4 Å². The number of hydrazine groups is 1. The van der Waals surface area contributed by atoms with E-state index in [0.29, 0.717) is 10.7 Å². The Morgan fingerprint density at radius 1 is 1.21 bits per heavy atom. The molecule has 0 aliphatic heterocycles. The van der Waals surface area contributed by atoms with Gasteiger partial charge in [-0.2, -0.15) is 5.10 Å². The van der Waals surface area contributed by atoms with Crippen LogP contribution in [-0.2, 0) is 7.05 Å². The predicted molar refractivity (Wildman–Crippen MR) is 75.8 cm³/mol. The second-order valence-corrected chi connectivity index (χ2v) is 4.82. The molecule has 8 heteroatoms. The summed E-state index contributed by atoms with van der Waals surface area (Å²) in [5, 5.41) is 4.66. The van der Waals surface area contributed by atoms with Gasteiger partial charge >= 0.3 is 0 Å². The SMILES string of the molecule is Cn1nc(Cl)c(C(=O)NNc2ccc(Cl)cc2)c1Cl. The highest BCUT2D eigenvalue weighted by Gasteiger charge is 2.20. The van der Waals surface area contributed by atoms with Gasteiger partial charge in [0.05, 0.1) is 5.69 Å². The van der Waals surface area contributed by atoms with Crippen LogP contribution in [0.3, 0.4) is 0 Å². The maximum Gasteiger partial charge on any atom is 0.275 e. The van der Waals surface area contributed by atoms with Crippen LogP contribution < -0.4 is 10.9 Å². The number of nitrogens with zero attached hydrogens (tertiary/aromatic N) is 2. The first-order chi connectivity index (χ1) is 8.99. The van der Waals surface area contributed by atoms with Gasteiger partial charge in [0.25, 0.3) is 5.91 Å². The van der Waals surface area contributed by atoms with Crippen LogP contribution in [0.15, 0.2) is 24.3 Å². The first-order valence-corrected chi connectivity index (χ1v) is 6.32. The van der Waals surface area contributed by atoms with E-state index in [2.05, 4.69) is 16.0 Å². The molecular weight excluding hydrogens is 311 g/mol. The molecule has 0 saturated heterocycles. The summed E-state index contributed by atoms with van der Waals surface area (Å²) >= 11 is 17.5. The highest BCUT2D eigenvalue weighted by Crippen LogP contribution is 2.23. The number of nitrogens with one attached hydrogen (secondary N) is 2. The second kappa shape index (κ2) is 5.69. The molecule has 1 heterocycles. The smallest absolute Gasteiger partial charge is 0.275 e. The van der Waals surface area contributed by atoms with E-state index < -0.39 is 5.91 Å². The first-order valence-electron chi connectivity index (χ1n) is 5.19. The third kappa shape index (κ3) is 3.12. The van der Waals surface area contributed by atoms with Crippen molar-refractivity contribution in [3.8, 4) is 0 Å². The Kier molecular flexibility index (Phi) is 4.19. The van der Waals surface area contributed by atoms with Crippen molar-refractivity contribution in [1.29, 1.82) is 0 Å². The zero-order chi connectivity index (χ0) is 14.0. The molecule has 100 valence electrons. The highest BCUT2D eigenvalue weighted by molar-refractivity contribution is 6.38. The van der Waals surface area contributed by atoms with E-state index in [1.165, 1.54) is 4.68 Å². The summed E-state index contributed by atoms with van der Waals surface area (Å²) < 4.78 is 1.32. The number of anilines is 1. The summed E-state index contributed by atoms with van der Waals surface area (Å²) in [6.07, 6.45) is 0. The monoisotopic (exact) mass is 318 g/mol. The summed E-state index contributed by atoms with van der Waals surface area (Å²) in [6, 6.07) is 6.82. The molecule has 0 spiro atoms. The number of benzene rings is 1.